The first-order valence-electron chi connectivity index (χ1n) is 8.54. The molecule has 0 spiro atoms. The Morgan fingerprint density at radius 1 is 1.12 bits per heavy atom. The highest BCUT2D eigenvalue weighted by Gasteiger charge is 2.14. The summed E-state index contributed by atoms with van der Waals surface area (Å²) in [5, 5.41) is 8.80. The van der Waals surface area contributed by atoms with E-state index in [-0.39, 0.29) is 18.4 Å². The van der Waals surface area contributed by atoms with Gasteiger partial charge in [0.15, 0.2) is 0 Å². The summed E-state index contributed by atoms with van der Waals surface area (Å²) in [4.78, 5) is 23.6. The predicted octanol–water partition coefficient (Wildman–Crippen LogP) is 1.21. The zero-order chi connectivity index (χ0) is 17.2. The Labute approximate surface area is 143 Å². The van der Waals surface area contributed by atoms with E-state index in [0.717, 1.165) is 43.7 Å². The molecular weight excluding hydrogens is 306 g/mol. The van der Waals surface area contributed by atoms with Crippen LogP contribution in [0.25, 0.3) is 0 Å². The van der Waals surface area contributed by atoms with Crippen molar-refractivity contribution < 1.29 is 14.3 Å². The molecule has 0 aliphatic carbocycles. The highest BCUT2D eigenvalue weighted by molar-refractivity contribution is 5.84. The van der Waals surface area contributed by atoms with Gasteiger partial charge in [0.25, 0.3) is 0 Å². The van der Waals surface area contributed by atoms with Gasteiger partial charge in [-0.2, -0.15) is 0 Å². The molecule has 1 heterocycles. The molecule has 6 nitrogen and oxygen atoms in total. The van der Waals surface area contributed by atoms with E-state index in [0.29, 0.717) is 18.9 Å². The number of ether oxygens (including phenoxy) is 1. The van der Waals surface area contributed by atoms with Crippen LogP contribution in [0.1, 0.15) is 31.2 Å². The quantitative estimate of drug-likeness (QED) is 0.668. The van der Waals surface area contributed by atoms with Crippen LogP contribution in [-0.2, 0) is 16.1 Å². The Morgan fingerprint density at radius 3 is 2.50 bits per heavy atom. The summed E-state index contributed by atoms with van der Waals surface area (Å²) >= 11 is 0. The normalized spacial score (nSPS) is 14.9. The maximum absolute atomic E-state index is 11.8. The Balaban J connectivity index is 1.58. The van der Waals surface area contributed by atoms with Crippen LogP contribution in [0.2, 0.25) is 0 Å². The summed E-state index contributed by atoms with van der Waals surface area (Å²) < 4.78 is 5.09. The van der Waals surface area contributed by atoms with E-state index in [2.05, 4.69) is 16.0 Å². The third-order valence-corrected chi connectivity index (χ3v) is 4.33. The molecule has 132 valence electrons. The van der Waals surface area contributed by atoms with Crippen molar-refractivity contribution in [1.29, 1.82) is 0 Å². The topological polar surface area (TPSA) is 79.5 Å². The van der Waals surface area contributed by atoms with Gasteiger partial charge >= 0.3 is 0 Å². The van der Waals surface area contributed by atoms with Crippen molar-refractivity contribution in [2.75, 3.05) is 26.7 Å². The lowest BCUT2D eigenvalue weighted by atomic mass is 9.93. The summed E-state index contributed by atoms with van der Waals surface area (Å²) in [7, 11) is 1.62. The maximum atomic E-state index is 11.8. The first-order valence-corrected chi connectivity index (χ1v) is 8.54. The van der Waals surface area contributed by atoms with Crippen molar-refractivity contribution in [3.63, 3.8) is 0 Å². The van der Waals surface area contributed by atoms with Crippen molar-refractivity contribution in [3.05, 3.63) is 29.8 Å². The number of hydrogen-bond donors (Lipinski definition) is 3. The molecule has 0 aromatic heterocycles. The molecule has 2 amide bonds. The smallest absolute Gasteiger partial charge is 0.239 e. The molecule has 24 heavy (non-hydrogen) atoms. The standard InChI is InChI=1S/C18H27N3O3/c1-24-16-5-2-15(3-6-16)12-20-18(23)13-21-17(22)7-4-14-8-10-19-11-9-14/h2-3,5-6,14,19H,4,7-13H2,1H3,(H,20,23)(H,21,22). The minimum Gasteiger partial charge on any atom is -0.497 e. The molecule has 1 aliphatic rings. The molecule has 1 fully saturated rings. The van der Waals surface area contributed by atoms with Crippen LogP contribution in [-0.4, -0.2) is 38.6 Å². The summed E-state index contributed by atoms with van der Waals surface area (Å²) in [6, 6.07) is 7.50. The third-order valence-electron chi connectivity index (χ3n) is 4.33. The zero-order valence-corrected chi connectivity index (χ0v) is 14.3. The lowest BCUT2D eigenvalue weighted by Gasteiger charge is -2.22. The van der Waals surface area contributed by atoms with Gasteiger partial charge in [0.1, 0.15) is 5.75 Å². The summed E-state index contributed by atoms with van der Waals surface area (Å²) in [6.07, 6.45) is 3.67. The fourth-order valence-electron chi connectivity index (χ4n) is 2.78. The Hall–Kier alpha value is -2.08. The van der Waals surface area contributed by atoms with Gasteiger partial charge < -0.3 is 20.7 Å². The lowest BCUT2D eigenvalue weighted by Crippen LogP contribution is -2.37. The maximum Gasteiger partial charge on any atom is 0.239 e. The molecule has 3 N–H and O–H groups in total. The molecule has 0 atom stereocenters. The van der Waals surface area contributed by atoms with Crippen LogP contribution in [0, 0.1) is 5.92 Å². The Kier molecular flexibility index (Phi) is 7.55. The molecular formula is C18H27N3O3. The first kappa shape index (κ1) is 18.3. The van der Waals surface area contributed by atoms with Crippen molar-refractivity contribution in [1.82, 2.24) is 16.0 Å². The van der Waals surface area contributed by atoms with Crippen molar-refractivity contribution in [2.45, 2.75) is 32.2 Å². The van der Waals surface area contributed by atoms with Crippen molar-refractivity contribution in [2.24, 2.45) is 5.92 Å². The van der Waals surface area contributed by atoms with Crippen LogP contribution >= 0.6 is 0 Å². The largest absolute Gasteiger partial charge is 0.497 e. The molecule has 0 unspecified atom stereocenters. The second kappa shape index (κ2) is 9.93. The van der Waals surface area contributed by atoms with E-state index in [4.69, 9.17) is 4.74 Å². The number of carbonyl (C=O) groups is 2. The highest BCUT2D eigenvalue weighted by Crippen LogP contribution is 2.17. The van der Waals surface area contributed by atoms with Gasteiger partial charge in [-0.25, -0.2) is 0 Å². The predicted molar refractivity (Wildman–Crippen MR) is 92.7 cm³/mol. The van der Waals surface area contributed by atoms with Gasteiger partial charge in [-0.1, -0.05) is 12.1 Å². The number of rotatable bonds is 8. The van der Waals surface area contributed by atoms with Gasteiger partial charge in [0, 0.05) is 13.0 Å². The van der Waals surface area contributed by atoms with Crippen LogP contribution in [0.5, 0.6) is 5.75 Å². The molecule has 0 bridgehead atoms. The number of amides is 2. The van der Waals surface area contributed by atoms with Gasteiger partial charge in [-0.3, -0.25) is 9.59 Å². The molecule has 6 heteroatoms. The summed E-state index contributed by atoms with van der Waals surface area (Å²) in [5.74, 6) is 1.18. The van der Waals surface area contributed by atoms with Gasteiger partial charge in [0.05, 0.1) is 13.7 Å². The number of benzene rings is 1. The van der Waals surface area contributed by atoms with E-state index in [1.807, 2.05) is 24.3 Å². The Morgan fingerprint density at radius 2 is 1.83 bits per heavy atom. The lowest BCUT2D eigenvalue weighted by molar-refractivity contribution is -0.126. The highest BCUT2D eigenvalue weighted by atomic mass is 16.5. The van der Waals surface area contributed by atoms with E-state index >= 15 is 0 Å². The fraction of sp³-hybridized carbons (Fsp3) is 0.556. The van der Waals surface area contributed by atoms with Crippen LogP contribution in [0.3, 0.4) is 0 Å². The minimum atomic E-state index is -0.180. The molecule has 1 aliphatic heterocycles. The first-order chi connectivity index (χ1) is 11.7. The van der Waals surface area contributed by atoms with Crippen LogP contribution in [0.4, 0.5) is 0 Å². The second-order valence-electron chi connectivity index (χ2n) is 6.13. The fourth-order valence-corrected chi connectivity index (χ4v) is 2.78. The third kappa shape index (κ3) is 6.58. The summed E-state index contributed by atoms with van der Waals surface area (Å²) in [6.45, 7) is 2.55. The number of nitrogens with one attached hydrogen (secondary N) is 3. The summed E-state index contributed by atoms with van der Waals surface area (Å²) in [5.41, 5.74) is 0.987. The Bertz CT molecular complexity index is 525. The average molecular weight is 333 g/mol. The van der Waals surface area contributed by atoms with Crippen molar-refractivity contribution >= 4 is 11.8 Å². The van der Waals surface area contributed by atoms with Gasteiger partial charge in [-0.15, -0.1) is 0 Å². The van der Waals surface area contributed by atoms with E-state index in [1.165, 1.54) is 0 Å². The molecule has 1 aromatic rings. The van der Waals surface area contributed by atoms with Crippen molar-refractivity contribution in [3.8, 4) is 5.75 Å². The minimum absolute atomic E-state index is 0.0290. The number of carbonyl (C=O) groups excluding carboxylic acids is 2. The van der Waals surface area contributed by atoms with Crippen LogP contribution < -0.4 is 20.7 Å². The average Bonchev–Trinajstić information content (AvgIpc) is 2.64. The molecule has 2 rings (SSSR count). The van der Waals surface area contributed by atoms with E-state index in [9.17, 15) is 9.59 Å². The molecule has 0 radical (unpaired) electrons. The number of hydrogen-bond acceptors (Lipinski definition) is 4. The molecule has 0 saturated carbocycles. The van der Waals surface area contributed by atoms with E-state index < -0.39 is 0 Å². The monoisotopic (exact) mass is 333 g/mol. The van der Waals surface area contributed by atoms with Crippen LogP contribution in [0.15, 0.2) is 24.3 Å². The van der Waals surface area contributed by atoms with Gasteiger partial charge in [-0.05, 0) is 56.0 Å². The molecule has 1 aromatic carbocycles. The van der Waals surface area contributed by atoms with Gasteiger partial charge in [0.2, 0.25) is 11.8 Å². The number of methoxy groups -OCH3 is 1. The zero-order valence-electron chi connectivity index (χ0n) is 14.3. The second-order valence-corrected chi connectivity index (χ2v) is 6.13. The molecule has 1 saturated heterocycles. The van der Waals surface area contributed by atoms with E-state index in [1.54, 1.807) is 7.11 Å². The SMILES string of the molecule is COc1ccc(CNC(=O)CNC(=O)CCC2CCNCC2)cc1. The number of piperidine rings is 1.